The zero-order valence-corrected chi connectivity index (χ0v) is 22.0. The van der Waals surface area contributed by atoms with Crippen LogP contribution in [-0.2, 0) is 42.9 Å². The summed E-state index contributed by atoms with van der Waals surface area (Å²) >= 11 is 0.753. The molecule has 1 saturated carbocycles. The fourth-order valence-electron chi connectivity index (χ4n) is 4.41. The van der Waals surface area contributed by atoms with Crippen LogP contribution in [0.2, 0.25) is 0 Å². The molecule has 0 radical (unpaired) electrons. The Balaban J connectivity index is 2.55. The lowest BCUT2D eigenvalue weighted by Gasteiger charge is -2.43. The van der Waals surface area contributed by atoms with Gasteiger partial charge in [0, 0.05) is 39.3 Å². The Morgan fingerprint density at radius 1 is 1.03 bits per heavy atom. The van der Waals surface area contributed by atoms with Crippen molar-refractivity contribution in [1.29, 1.82) is 5.41 Å². The van der Waals surface area contributed by atoms with E-state index in [2.05, 4.69) is 4.99 Å². The van der Waals surface area contributed by atoms with E-state index in [0.717, 1.165) is 25.6 Å². The van der Waals surface area contributed by atoms with Crippen molar-refractivity contribution in [3.63, 3.8) is 0 Å². The fraction of sp³-hybridized carbons (Fsp3) is 0.696. The lowest BCUT2D eigenvalue weighted by Crippen LogP contribution is -2.60. The van der Waals surface area contributed by atoms with E-state index in [4.69, 9.17) is 30.1 Å². The van der Waals surface area contributed by atoms with E-state index in [9.17, 15) is 24.0 Å². The lowest BCUT2D eigenvalue weighted by molar-refractivity contribution is -0.208. The number of esters is 3. The van der Waals surface area contributed by atoms with Crippen molar-refractivity contribution in [2.24, 2.45) is 22.1 Å². The Hall–Kier alpha value is -2.80. The third-order valence-electron chi connectivity index (χ3n) is 5.63. The Morgan fingerprint density at radius 2 is 1.56 bits per heavy atom. The molecule has 0 aromatic rings. The maximum Gasteiger partial charge on any atom is 0.303 e. The van der Waals surface area contributed by atoms with Crippen molar-refractivity contribution < 1.29 is 42.9 Å². The molecule has 2 rings (SSSR count). The van der Waals surface area contributed by atoms with E-state index in [1.165, 1.54) is 13.8 Å². The number of hydrogen-bond donors (Lipinski definition) is 2. The first-order valence-electron chi connectivity index (χ1n) is 11.3. The van der Waals surface area contributed by atoms with Crippen LogP contribution in [0.3, 0.4) is 0 Å². The summed E-state index contributed by atoms with van der Waals surface area (Å²) in [6, 6.07) is -1.11. The third kappa shape index (κ3) is 7.85. The number of ketones is 2. The van der Waals surface area contributed by atoms with E-state index < -0.39 is 59.0 Å². The average molecular weight is 528 g/mol. The summed E-state index contributed by atoms with van der Waals surface area (Å²) in [4.78, 5) is 65.6. The van der Waals surface area contributed by atoms with Gasteiger partial charge in [-0.1, -0.05) is 25.6 Å². The highest BCUT2D eigenvalue weighted by molar-refractivity contribution is 8.14. The van der Waals surface area contributed by atoms with Gasteiger partial charge in [0.05, 0.1) is 0 Å². The standard InChI is InChI=1S/C23H33N3O9S/c1-10(17-14(30)7-23(5,6)8-15(17)31)26-18-20(34-13(4)29)19(33-12(3)28)16(9-32-11(2)27)35-21(18)36-22(24)25/h16-21H,7-9H2,1-6H3,(H3,24,25)/t16-,18-,19-,20-,21?/m1/s1. The molecule has 5 atom stereocenters. The molecule has 3 N–H and O–H groups in total. The maximum atomic E-state index is 12.8. The molecule has 2 fully saturated rings. The van der Waals surface area contributed by atoms with Gasteiger partial charge in [0.2, 0.25) is 0 Å². The maximum absolute atomic E-state index is 12.8. The number of carbonyl (C=O) groups excluding carboxylic acids is 5. The molecule has 1 aliphatic heterocycles. The van der Waals surface area contributed by atoms with E-state index in [1.54, 1.807) is 0 Å². The highest BCUT2D eigenvalue weighted by atomic mass is 32.2. The van der Waals surface area contributed by atoms with Crippen molar-refractivity contribution in [2.45, 2.75) is 84.2 Å². The monoisotopic (exact) mass is 527 g/mol. The number of rotatable bonds is 7. The number of Topliss-reactive ketones (excluding diaryl/α,β-unsaturated/α-hetero) is 2. The largest absolute Gasteiger partial charge is 0.463 e. The summed E-state index contributed by atoms with van der Waals surface area (Å²) in [6.45, 7) is 8.33. The third-order valence-corrected chi connectivity index (χ3v) is 6.51. The number of nitrogens with one attached hydrogen (secondary N) is 1. The molecule has 36 heavy (non-hydrogen) atoms. The summed E-state index contributed by atoms with van der Waals surface area (Å²) in [7, 11) is 0. The Labute approximate surface area is 213 Å². The van der Waals surface area contributed by atoms with Gasteiger partial charge in [-0.3, -0.25) is 34.4 Å². The van der Waals surface area contributed by atoms with Crippen LogP contribution < -0.4 is 5.73 Å². The second-order valence-corrected chi connectivity index (χ2v) is 10.8. The fourth-order valence-corrected chi connectivity index (χ4v) is 5.21. The van der Waals surface area contributed by atoms with Crippen molar-refractivity contribution in [3.05, 3.63) is 0 Å². The Kier molecular flexibility index (Phi) is 9.78. The molecular formula is C23H33N3O9S. The molecule has 0 aromatic carbocycles. The summed E-state index contributed by atoms with van der Waals surface area (Å²) in [6.07, 6.45) is -3.19. The van der Waals surface area contributed by atoms with Crippen molar-refractivity contribution in [3.8, 4) is 0 Å². The van der Waals surface area contributed by atoms with Crippen LogP contribution in [0.15, 0.2) is 4.99 Å². The second-order valence-electron chi connectivity index (χ2n) is 9.62. The average Bonchev–Trinajstić information content (AvgIpc) is 2.68. The molecule has 1 aliphatic carbocycles. The van der Waals surface area contributed by atoms with E-state index in [0.29, 0.717) is 0 Å². The van der Waals surface area contributed by atoms with E-state index in [1.807, 2.05) is 13.8 Å². The number of ether oxygens (including phenoxy) is 4. The van der Waals surface area contributed by atoms with Crippen LogP contribution in [0, 0.1) is 16.7 Å². The minimum atomic E-state index is -1.25. The van der Waals surface area contributed by atoms with Gasteiger partial charge in [0.25, 0.3) is 0 Å². The minimum absolute atomic E-state index is 0.181. The van der Waals surface area contributed by atoms with Crippen LogP contribution in [0.4, 0.5) is 0 Å². The van der Waals surface area contributed by atoms with Gasteiger partial charge < -0.3 is 24.7 Å². The molecular weight excluding hydrogens is 494 g/mol. The first kappa shape index (κ1) is 29.4. The normalized spacial score (nSPS) is 28.8. The molecule has 0 bridgehead atoms. The van der Waals surface area contributed by atoms with Crippen LogP contribution in [0.1, 0.15) is 54.4 Å². The van der Waals surface area contributed by atoms with Gasteiger partial charge in [0.1, 0.15) is 41.7 Å². The number of hydrogen-bond acceptors (Lipinski definition) is 12. The molecule has 0 spiro atoms. The molecule has 2 aliphatic rings. The van der Waals surface area contributed by atoms with Gasteiger partial charge in [-0.2, -0.15) is 0 Å². The Bertz CT molecular complexity index is 944. The van der Waals surface area contributed by atoms with Gasteiger partial charge in [-0.05, 0) is 12.3 Å². The first-order valence-corrected chi connectivity index (χ1v) is 12.2. The van der Waals surface area contributed by atoms with Crippen LogP contribution >= 0.6 is 11.8 Å². The van der Waals surface area contributed by atoms with Gasteiger partial charge >= 0.3 is 17.9 Å². The zero-order valence-electron chi connectivity index (χ0n) is 21.2. The number of thioether (sulfide) groups is 1. The van der Waals surface area contributed by atoms with E-state index >= 15 is 0 Å². The lowest BCUT2D eigenvalue weighted by atomic mass is 9.70. The summed E-state index contributed by atoms with van der Waals surface area (Å²) < 4.78 is 21.9. The van der Waals surface area contributed by atoms with Gasteiger partial charge in [-0.15, -0.1) is 0 Å². The Morgan fingerprint density at radius 3 is 2.03 bits per heavy atom. The predicted molar refractivity (Wildman–Crippen MR) is 129 cm³/mol. The van der Waals surface area contributed by atoms with Crippen LogP contribution in [0.5, 0.6) is 0 Å². The summed E-state index contributed by atoms with van der Waals surface area (Å²) in [5, 5.41) is 7.39. The second kappa shape index (κ2) is 12.0. The first-order chi connectivity index (χ1) is 16.6. The highest BCUT2D eigenvalue weighted by Gasteiger charge is 2.51. The van der Waals surface area contributed by atoms with Crippen LogP contribution in [-0.4, -0.2) is 76.8 Å². The van der Waals surface area contributed by atoms with Crippen LogP contribution in [0.25, 0.3) is 0 Å². The molecule has 200 valence electrons. The number of nitrogens with two attached hydrogens (primary N) is 1. The summed E-state index contributed by atoms with van der Waals surface area (Å²) in [5.74, 6) is -3.69. The number of aliphatic imine (C=N–C) groups is 1. The molecule has 13 heteroatoms. The summed E-state index contributed by atoms with van der Waals surface area (Å²) in [5.41, 5.74) is 4.26. The molecule has 12 nitrogen and oxygen atoms in total. The topological polar surface area (TPSA) is 184 Å². The highest BCUT2D eigenvalue weighted by Crippen LogP contribution is 2.37. The van der Waals surface area contributed by atoms with Gasteiger partial charge in [-0.25, -0.2) is 0 Å². The number of nitrogens with zero attached hydrogens (tertiary/aromatic N) is 1. The quantitative estimate of drug-likeness (QED) is 0.159. The van der Waals surface area contributed by atoms with Crippen molar-refractivity contribution >= 4 is 52.1 Å². The zero-order chi connectivity index (χ0) is 27.4. The van der Waals surface area contributed by atoms with Gasteiger partial charge in [0.15, 0.2) is 17.4 Å². The molecule has 1 saturated heterocycles. The smallest absolute Gasteiger partial charge is 0.303 e. The van der Waals surface area contributed by atoms with E-state index in [-0.39, 0.29) is 41.9 Å². The van der Waals surface area contributed by atoms with Crippen molar-refractivity contribution in [1.82, 2.24) is 0 Å². The minimum Gasteiger partial charge on any atom is -0.463 e. The number of amidine groups is 1. The molecule has 1 unspecified atom stereocenters. The van der Waals surface area contributed by atoms with Crippen molar-refractivity contribution in [2.75, 3.05) is 6.61 Å². The molecule has 0 aromatic heterocycles. The molecule has 0 amide bonds. The SMILES string of the molecule is CC(=O)OC[C@H]1OC(SC(=N)N)[C@H](N=C(C)C2C(=O)CC(C)(C)CC2=O)[C@@H](OC(C)=O)[C@@H]1OC(C)=O. The molecule has 1 heterocycles. The number of carbonyl (C=O) groups is 5. The predicted octanol–water partition coefficient (Wildman–Crippen LogP) is 1.17.